The summed E-state index contributed by atoms with van der Waals surface area (Å²) in [7, 11) is 0. The van der Waals surface area contributed by atoms with Gasteiger partial charge in [-0.3, -0.25) is 4.40 Å². The highest BCUT2D eigenvalue weighted by molar-refractivity contribution is 6.35. The van der Waals surface area contributed by atoms with Gasteiger partial charge in [0.25, 0.3) is 0 Å². The molecule has 0 atom stereocenters. The van der Waals surface area contributed by atoms with Crippen LogP contribution >= 0.6 is 34.8 Å². The Morgan fingerprint density at radius 2 is 1.79 bits per heavy atom. The second kappa shape index (κ2) is 7.67. The first-order valence-corrected chi connectivity index (χ1v) is 9.29. The van der Waals surface area contributed by atoms with Crippen LogP contribution in [0.25, 0.3) is 17.0 Å². The van der Waals surface area contributed by atoms with Gasteiger partial charge in [0.05, 0.1) is 5.02 Å². The Hall–Kier alpha value is -2.80. The number of nitrogens with zero attached hydrogens (tertiary/aromatic N) is 4. The van der Waals surface area contributed by atoms with Gasteiger partial charge in [-0.1, -0.05) is 34.8 Å². The lowest BCUT2D eigenvalue weighted by atomic mass is 10.1. The predicted octanol–water partition coefficient (Wildman–Crippen LogP) is 5.09. The van der Waals surface area contributed by atoms with E-state index < -0.39 is 0 Å². The van der Waals surface area contributed by atoms with Crippen LogP contribution in [0.4, 0.5) is 5.69 Å². The fourth-order valence-electron chi connectivity index (χ4n) is 2.80. The summed E-state index contributed by atoms with van der Waals surface area (Å²) >= 11 is 18.6. The second-order valence-electron chi connectivity index (χ2n) is 5.83. The Morgan fingerprint density at radius 1 is 1.04 bits per heavy atom. The number of imidazole rings is 1. The molecule has 4 aromatic rings. The molecule has 0 saturated carbocycles. The monoisotopic (exact) mass is 430 g/mol. The molecule has 0 bridgehead atoms. The summed E-state index contributed by atoms with van der Waals surface area (Å²) in [6.07, 6.45) is 3.47. The van der Waals surface area contributed by atoms with Gasteiger partial charge in [0.15, 0.2) is 5.84 Å². The molecule has 0 aliphatic rings. The van der Waals surface area contributed by atoms with Crippen LogP contribution < -0.4 is 11.2 Å². The molecule has 0 fully saturated rings. The zero-order chi connectivity index (χ0) is 19.7. The molecule has 0 spiro atoms. The number of hydrogen-bond acceptors (Lipinski definition) is 4. The maximum absolute atomic E-state index is 6.42. The van der Waals surface area contributed by atoms with E-state index in [1.165, 1.54) is 0 Å². The lowest BCUT2D eigenvalue weighted by Crippen LogP contribution is -2.19. The summed E-state index contributed by atoms with van der Waals surface area (Å²) in [5, 5.41) is 8.80. The van der Waals surface area contributed by atoms with Crippen LogP contribution in [0.2, 0.25) is 15.1 Å². The Morgan fingerprint density at radius 3 is 2.54 bits per heavy atom. The molecule has 2 heterocycles. The molecular formula is C19H13Cl3N6. The largest absolute Gasteiger partial charge is 0.337 e. The Bertz CT molecular complexity index is 1180. The fraction of sp³-hybridized carbons (Fsp3) is 0. The number of fused-ring (bicyclic) bond motifs is 1. The minimum atomic E-state index is 0.383. The molecular weight excluding hydrogens is 419 g/mol. The highest BCUT2D eigenvalue weighted by Crippen LogP contribution is 2.33. The number of nitrogens with two attached hydrogens (primary N) is 1. The maximum atomic E-state index is 6.42. The predicted molar refractivity (Wildman–Crippen MR) is 114 cm³/mol. The third-order valence-corrected chi connectivity index (χ3v) is 4.86. The molecule has 9 heteroatoms. The van der Waals surface area contributed by atoms with Crippen LogP contribution in [0.1, 0.15) is 5.69 Å². The highest BCUT2D eigenvalue weighted by atomic mass is 35.5. The van der Waals surface area contributed by atoms with Crippen molar-refractivity contribution in [1.82, 2.24) is 14.4 Å². The summed E-state index contributed by atoms with van der Waals surface area (Å²) in [5.74, 6) is 6.58. The minimum Gasteiger partial charge on any atom is -0.337 e. The number of amidine groups is 1. The third-order valence-electron chi connectivity index (χ3n) is 4.05. The molecule has 0 aliphatic heterocycles. The normalized spacial score (nSPS) is 11.8. The Kier molecular flexibility index (Phi) is 5.09. The molecule has 0 aliphatic carbocycles. The molecule has 0 radical (unpaired) electrons. The van der Waals surface area contributed by atoms with E-state index in [1.54, 1.807) is 47.0 Å². The average molecular weight is 432 g/mol. The van der Waals surface area contributed by atoms with E-state index >= 15 is 0 Å². The van der Waals surface area contributed by atoms with Crippen LogP contribution in [-0.4, -0.2) is 20.2 Å². The van der Waals surface area contributed by atoms with Gasteiger partial charge in [-0.2, -0.15) is 5.10 Å². The summed E-state index contributed by atoms with van der Waals surface area (Å²) in [6.45, 7) is 0. The molecule has 0 saturated heterocycles. The molecule has 0 amide bonds. The van der Waals surface area contributed by atoms with Gasteiger partial charge < -0.3 is 11.2 Å². The maximum Gasteiger partial charge on any atom is 0.234 e. The quantitative estimate of drug-likeness (QED) is 0.205. The number of halogens is 3. The van der Waals surface area contributed by atoms with Gasteiger partial charge in [0.1, 0.15) is 11.4 Å². The SMILES string of the molecule is N/N=C(\Nc1ccc(Cl)cc1)c1c(-c2cc(Cl)ccc2Cl)nc2ncccn12. The first-order chi connectivity index (χ1) is 13.6. The van der Waals surface area contributed by atoms with Gasteiger partial charge in [0, 0.05) is 33.7 Å². The fourth-order valence-corrected chi connectivity index (χ4v) is 3.31. The number of benzene rings is 2. The molecule has 28 heavy (non-hydrogen) atoms. The third kappa shape index (κ3) is 3.49. The average Bonchev–Trinajstić information content (AvgIpc) is 3.08. The van der Waals surface area contributed by atoms with Crippen LogP contribution in [-0.2, 0) is 0 Å². The van der Waals surface area contributed by atoms with Crippen LogP contribution in [0.15, 0.2) is 66.0 Å². The van der Waals surface area contributed by atoms with E-state index in [9.17, 15) is 0 Å². The molecule has 140 valence electrons. The lowest BCUT2D eigenvalue weighted by molar-refractivity contribution is 1.09. The summed E-state index contributed by atoms with van der Waals surface area (Å²) in [5.41, 5.74) is 2.56. The number of anilines is 1. The lowest BCUT2D eigenvalue weighted by Gasteiger charge is -2.11. The van der Waals surface area contributed by atoms with Crippen molar-refractivity contribution in [3.8, 4) is 11.3 Å². The van der Waals surface area contributed by atoms with Gasteiger partial charge in [-0.25, -0.2) is 9.97 Å². The Balaban J connectivity index is 1.91. The van der Waals surface area contributed by atoms with Crippen molar-refractivity contribution in [3.63, 3.8) is 0 Å². The van der Waals surface area contributed by atoms with Crippen molar-refractivity contribution in [1.29, 1.82) is 0 Å². The molecule has 0 unspecified atom stereocenters. The Labute approximate surface area is 175 Å². The van der Waals surface area contributed by atoms with E-state index in [1.807, 2.05) is 18.3 Å². The zero-order valence-corrected chi connectivity index (χ0v) is 16.5. The van der Waals surface area contributed by atoms with Gasteiger partial charge in [0.2, 0.25) is 5.78 Å². The van der Waals surface area contributed by atoms with Gasteiger partial charge in [-0.05, 0) is 48.5 Å². The van der Waals surface area contributed by atoms with Crippen molar-refractivity contribution in [2.45, 2.75) is 0 Å². The minimum absolute atomic E-state index is 0.383. The van der Waals surface area contributed by atoms with E-state index in [0.717, 1.165) is 5.69 Å². The summed E-state index contributed by atoms with van der Waals surface area (Å²) in [6, 6.07) is 14.1. The number of nitrogens with one attached hydrogen (secondary N) is 1. The van der Waals surface area contributed by atoms with Crippen molar-refractivity contribution in [3.05, 3.63) is 81.7 Å². The molecule has 6 nitrogen and oxygen atoms in total. The van der Waals surface area contributed by atoms with Gasteiger partial charge >= 0.3 is 0 Å². The highest BCUT2D eigenvalue weighted by Gasteiger charge is 2.22. The standard InChI is InChI=1S/C19H13Cl3N6/c20-11-2-5-13(6-3-11)25-18(27-23)17-16(14-10-12(21)4-7-15(14)22)26-19-24-8-1-9-28(17)19/h1-10H,23H2,(H,25,27). The summed E-state index contributed by atoms with van der Waals surface area (Å²) in [4.78, 5) is 8.93. The van der Waals surface area contributed by atoms with Crippen molar-refractivity contribution in [2.75, 3.05) is 5.32 Å². The van der Waals surface area contributed by atoms with Crippen molar-refractivity contribution >= 4 is 52.1 Å². The zero-order valence-electron chi connectivity index (χ0n) is 14.3. The second-order valence-corrected chi connectivity index (χ2v) is 7.11. The van der Waals surface area contributed by atoms with E-state index in [-0.39, 0.29) is 0 Å². The van der Waals surface area contributed by atoms with Gasteiger partial charge in [-0.15, -0.1) is 0 Å². The van der Waals surface area contributed by atoms with Crippen LogP contribution in [0.5, 0.6) is 0 Å². The van der Waals surface area contributed by atoms with Crippen molar-refractivity contribution < 1.29 is 0 Å². The number of hydrogen-bond donors (Lipinski definition) is 2. The number of rotatable bonds is 3. The number of aromatic nitrogens is 3. The molecule has 4 rings (SSSR count). The van der Waals surface area contributed by atoms with E-state index in [2.05, 4.69) is 20.4 Å². The van der Waals surface area contributed by atoms with Crippen LogP contribution in [0, 0.1) is 0 Å². The molecule has 2 aromatic heterocycles. The topological polar surface area (TPSA) is 80.6 Å². The van der Waals surface area contributed by atoms with Crippen LogP contribution in [0.3, 0.4) is 0 Å². The number of hydrazone groups is 1. The smallest absolute Gasteiger partial charge is 0.234 e. The van der Waals surface area contributed by atoms with E-state index in [4.69, 9.17) is 40.6 Å². The van der Waals surface area contributed by atoms with E-state index in [0.29, 0.717) is 43.6 Å². The summed E-state index contributed by atoms with van der Waals surface area (Å²) < 4.78 is 1.78. The molecule has 2 aromatic carbocycles. The first-order valence-electron chi connectivity index (χ1n) is 8.16. The van der Waals surface area contributed by atoms with Crippen molar-refractivity contribution in [2.24, 2.45) is 10.9 Å². The first kappa shape index (κ1) is 18.6. The molecule has 3 N–H and O–H groups in total.